The zero-order chi connectivity index (χ0) is 13.5. The molecule has 0 saturated carbocycles. The van der Waals surface area contributed by atoms with Crippen LogP contribution in [0.15, 0.2) is 40.9 Å². The van der Waals surface area contributed by atoms with E-state index in [2.05, 4.69) is 10.3 Å². The molecule has 0 aliphatic carbocycles. The van der Waals surface area contributed by atoms with E-state index in [1.807, 2.05) is 30.3 Å². The second-order valence-corrected chi connectivity index (χ2v) is 4.12. The third-order valence-electron chi connectivity index (χ3n) is 2.64. The van der Waals surface area contributed by atoms with Gasteiger partial charge in [0.1, 0.15) is 0 Å². The number of hydrogen-bond acceptors (Lipinski definition) is 4. The first-order valence-corrected chi connectivity index (χ1v) is 6.26. The molecule has 0 atom stereocenters. The molecule has 0 spiro atoms. The zero-order valence-electron chi connectivity index (χ0n) is 10.6. The summed E-state index contributed by atoms with van der Waals surface area (Å²) in [6.07, 6.45) is 2.53. The molecule has 0 aliphatic heterocycles. The van der Waals surface area contributed by atoms with Gasteiger partial charge in [-0.05, 0) is 0 Å². The molecule has 3 N–H and O–H groups in total. The lowest BCUT2D eigenvalue weighted by molar-refractivity contribution is -0.121. The van der Waals surface area contributed by atoms with E-state index in [0.717, 1.165) is 11.3 Å². The summed E-state index contributed by atoms with van der Waals surface area (Å²) in [6.45, 7) is 0.947. The number of aromatic nitrogens is 1. The molecule has 100 valence electrons. The number of hydrogen-bond donors (Lipinski definition) is 2. The summed E-state index contributed by atoms with van der Waals surface area (Å²) in [6, 6.07) is 9.74. The lowest BCUT2D eigenvalue weighted by atomic mass is 10.2. The van der Waals surface area contributed by atoms with Crippen LogP contribution in [0.25, 0.3) is 11.3 Å². The highest BCUT2D eigenvalue weighted by Gasteiger charge is 2.08. The van der Waals surface area contributed by atoms with Crippen LogP contribution in [0.2, 0.25) is 0 Å². The van der Waals surface area contributed by atoms with Crippen LogP contribution >= 0.6 is 0 Å². The molecule has 0 aliphatic rings. The van der Waals surface area contributed by atoms with Gasteiger partial charge in [-0.15, -0.1) is 0 Å². The van der Waals surface area contributed by atoms with Crippen LogP contribution in [0, 0.1) is 0 Å². The summed E-state index contributed by atoms with van der Waals surface area (Å²) in [5, 5.41) is 2.71. The minimum atomic E-state index is -0.0371. The Morgan fingerprint density at radius 2 is 2.11 bits per heavy atom. The number of rotatable bonds is 6. The van der Waals surface area contributed by atoms with E-state index < -0.39 is 0 Å². The number of oxazole rings is 1. The number of nitrogens with one attached hydrogen (secondary N) is 1. The van der Waals surface area contributed by atoms with Gasteiger partial charge in [0.2, 0.25) is 5.91 Å². The second kappa shape index (κ2) is 6.70. The molecule has 0 fully saturated rings. The van der Waals surface area contributed by atoms with Crippen LogP contribution in [0.4, 0.5) is 0 Å². The van der Waals surface area contributed by atoms with Gasteiger partial charge in [-0.3, -0.25) is 4.79 Å². The molecule has 5 nitrogen and oxygen atoms in total. The summed E-state index contributed by atoms with van der Waals surface area (Å²) in [7, 11) is 0. The second-order valence-electron chi connectivity index (χ2n) is 4.12. The predicted molar refractivity (Wildman–Crippen MR) is 72.3 cm³/mol. The fourth-order valence-electron chi connectivity index (χ4n) is 1.68. The van der Waals surface area contributed by atoms with Gasteiger partial charge >= 0.3 is 0 Å². The summed E-state index contributed by atoms with van der Waals surface area (Å²) >= 11 is 0. The minimum absolute atomic E-state index is 0.0371. The van der Waals surface area contributed by atoms with Gasteiger partial charge in [-0.25, -0.2) is 4.98 Å². The van der Waals surface area contributed by atoms with Crippen molar-refractivity contribution in [2.24, 2.45) is 5.73 Å². The maximum Gasteiger partial charge on any atom is 0.220 e. The zero-order valence-corrected chi connectivity index (χ0v) is 10.6. The Hall–Kier alpha value is -2.14. The summed E-state index contributed by atoms with van der Waals surface area (Å²) in [5.41, 5.74) is 6.29. The topological polar surface area (TPSA) is 81.1 Å². The van der Waals surface area contributed by atoms with Crippen molar-refractivity contribution in [2.75, 3.05) is 13.1 Å². The average molecular weight is 259 g/mol. The van der Waals surface area contributed by atoms with Crippen LogP contribution in [0.1, 0.15) is 12.3 Å². The van der Waals surface area contributed by atoms with Gasteiger partial charge in [0, 0.05) is 31.5 Å². The molecule has 1 aromatic carbocycles. The quantitative estimate of drug-likeness (QED) is 0.820. The Balaban J connectivity index is 1.90. The van der Waals surface area contributed by atoms with Gasteiger partial charge in [0.05, 0.1) is 6.20 Å². The first-order valence-electron chi connectivity index (χ1n) is 6.26. The van der Waals surface area contributed by atoms with E-state index in [4.69, 9.17) is 10.2 Å². The van der Waals surface area contributed by atoms with Gasteiger partial charge < -0.3 is 15.5 Å². The van der Waals surface area contributed by atoms with Gasteiger partial charge in [-0.1, -0.05) is 30.3 Å². The number of aryl methyl sites for hydroxylation is 1. The Morgan fingerprint density at radius 1 is 1.32 bits per heavy atom. The maximum atomic E-state index is 11.4. The molecule has 1 aromatic heterocycles. The normalized spacial score (nSPS) is 10.4. The van der Waals surface area contributed by atoms with E-state index in [1.165, 1.54) is 0 Å². The van der Waals surface area contributed by atoms with Crippen LogP contribution in [0.5, 0.6) is 0 Å². The lowest BCUT2D eigenvalue weighted by Crippen LogP contribution is -2.29. The van der Waals surface area contributed by atoms with Crippen molar-refractivity contribution in [1.29, 1.82) is 0 Å². The van der Waals surface area contributed by atoms with Crippen molar-refractivity contribution in [2.45, 2.75) is 12.8 Å². The van der Waals surface area contributed by atoms with Gasteiger partial charge in [-0.2, -0.15) is 0 Å². The number of nitrogens with zero attached hydrogens (tertiary/aromatic N) is 1. The first kappa shape index (κ1) is 13.3. The van der Waals surface area contributed by atoms with Crippen molar-refractivity contribution >= 4 is 5.91 Å². The van der Waals surface area contributed by atoms with Crippen LogP contribution in [-0.2, 0) is 11.2 Å². The molecule has 2 rings (SSSR count). The lowest BCUT2D eigenvalue weighted by Gasteiger charge is -2.01. The molecule has 1 heterocycles. The summed E-state index contributed by atoms with van der Waals surface area (Å²) in [5.74, 6) is 1.25. The van der Waals surface area contributed by atoms with Gasteiger partial charge in [0.25, 0.3) is 0 Å². The SMILES string of the molecule is NCCNC(=O)CCc1ncc(-c2ccccc2)o1. The molecular formula is C14H17N3O2. The third kappa shape index (κ3) is 3.93. The molecule has 0 unspecified atom stereocenters. The summed E-state index contributed by atoms with van der Waals surface area (Å²) in [4.78, 5) is 15.6. The van der Waals surface area contributed by atoms with E-state index in [1.54, 1.807) is 6.20 Å². The van der Waals surface area contributed by atoms with Gasteiger partial charge in [0.15, 0.2) is 11.7 Å². The summed E-state index contributed by atoms with van der Waals surface area (Å²) < 4.78 is 5.61. The van der Waals surface area contributed by atoms with Crippen LogP contribution < -0.4 is 11.1 Å². The number of benzene rings is 1. The number of nitrogens with two attached hydrogens (primary N) is 1. The smallest absolute Gasteiger partial charge is 0.220 e. The standard InChI is InChI=1S/C14H17N3O2/c15-8-9-16-13(18)6-7-14-17-10-12(19-14)11-4-2-1-3-5-11/h1-5,10H,6-9,15H2,(H,16,18). The molecule has 1 amide bonds. The van der Waals surface area contributed by atoms with Crippen molar-refractivity contribution < 1.29 is 9.21 Å². The van der Waals surface area contributed by atoms with E-state index >= 15 is 0 Å². The third-order valence-corrected chi connectivity index (χ3v) is 2.64. The monoisotopic (exact) mass is 259 g/mol. The number of amides is 1. The van der Waals surface area contributed by atoms with Crippen molar-refractivity contribution in [1.82, 2.24) is 10.3 Å². The maximum absolute atomic E-state index is 11.4. The molecule has 2 aromatic rings. The van der Waals surface area contributed by atoms with Crippen molar-refractivity contribution in [3.05, 3.63) is 42.4 Å². The van der Waals surface area contributed by atoms with Crippen LogP contribution in [0.3, 0.4) is 0 Å². The number of carbonyl (C=O) groups excluding carboxylic acids is 1. The fraction of sp³-hybridized carbons (Fsp3) is 0.286. The Labute approximate surface area is 111 Å². The van der Waals surface area contributed by atoms with E-state index in [9.17, 15) is 4.79 Å². The largest absolute Gasteiger partial charge is 0.441 e. The molecule has 19 heavy (non-hydrogen) atoms. The molecule has 0 saturated heterocycles. The predicted octanol–water partition coefficient (Wildman–Crippen LogP) is 1.35. The Bertz CT molecular complexity index is 522. The minimum Gasteiger partial charge on any atom is -0.441 e. The fourth-order valence-corrected chi connectivity index (χ4v) is 1.68. The highest BCUT2D eigenvalue weighted by Crippen LogP contribution is 2.20. The van der Waals surface area contributed by atoms with E-state index in [0.29, 0.717) is 31.8 Å². The first-order chi connectivity index (χ1) is 9.29. The highest BCUT2D eigenvalue weighted by molar-refractivity contribution is 5.76. The Kier molecular flexibility index (Phi) is 4.69. The number of carbonyl (C=O) groups is 1. The average Bonchev–Trinajstić information content (AvgIpc) is 2.93. The molecule has 5 heteroatoms. The van der Waals surface area contributed by atoms with Crippen LogP contribution in [-0.4, -0.2) is 24.0 Å². The Morgan fingerprint density at radius 3 is 2.84 bits per heavy atom. The molecule has 0 radical (unpaired) electrons. The molecule has 0 bridgehead atoms. The van der Waals surface area contributed by atoms with Crippen molar-refractivity contribution in [3.63, 3.8) is 0 Å². The van der Waals surface area contributed by atoms with E-state index in [-0.39, 0.29) is 5.91 Å². The highest BCUT2D eigenvalue weighted by atomic mass is 16.4. The van der Waals surface area contributed by atoms with Crippen molar-refractivity contribution in [3.8, 4) is 11.3 Å². The molecular weight excluding hydrogens is 242 g/mol.